The minimum absolute atomic E-state index is 0.0498. The van der Waals surface area contributed by atoms with Crippen LogP contribution in [0.15, 0.2) is 72.8 Å². The molecule has 3 aromatic rings. The summed E-state index contributed by atoms with van der Waals surface area (Å²) in [4.78, 5) is 4.58. The third-order valence-corrected chi connectivity index (χ3v) is 6.63. The Labute approximate surface area is 217 Å². The number of halogens is 1. The highest BCUT2D eigenvalue weighted by Gasteiger charge is 2.31. The zero-order valence-electron chi connectivity index (χ0n) is 20.6. The fourth-order valence-electron chi connectivity index (χ4n) is 4.45. The van der Waals surface area contributed by atoms with Crippen molar-refractivity contribution in [1.29, 1.82) is 5.26 Å². The SMILES string of the molecule is CC(C)(O)COc1ccc(N2CCN(C[C@@H](O)c3ccc(C#N)cc3)C[C@H]2c2ccccc2)c(Cl)c1. The highest BCUT2D eigenvalue weighted by atomic mass is 35.5. The van der Waals surface area contributed by atoms with Gasteiger partial charge in [0.25, 0.3) is 0 Å². The highest BCUT2D eigenvalue weighted by Crippen LogP contribution is 2.37. The molecule has 4 rings (SSSR count). The minimum atomic E-state index is -0.928. The van der Waals surface area contributed by atoms with Crippen molar-refractivity contribution in [1.82, 2.24) is 4.90 Å². The Hall–Kier alpha value is -3.08. The summed E-state index contributed by atoms with van der Waals surface area (Å²) in [6.45, 7) is 6.31. The van der Waals surface area contributed by atoms with Crippen molar-refractivity contribution in [3.05, 3.63) is 94.5 Å². The van der Waals surface area contributed by atoms with Crippen LogP contribution in [0.4, 0.5) is 5.69 Å². The van der Waals surface area contributed by atoms with Crippen molar-refractivity contribution in [3.63, 3.8) is 0 Å². The zero-order chi connectivity index (χ0) is 25.7. The van der Waals surface area contributed by atoms with Crippen LogP contribution in [0, 0.1) is 11.3 Å². The number of nitrogens with zero attached hydrogens (tertiary/aromatic N) is 3. The second-order valence-corrected chi connectivity index (χ2v) is 10.3. The highest BCUT2D eigenvalue weighted by molar-refractivity contribution is 6.33. The van der Waals surface area contributed by atoms with E-state index >= 15 is 0 Å². The predicted molar refractivity (Wildman–Crippen MR) is 142 cm³/mol. The topological polar surface area (TPSA) is 80.0 Å². The maximum Gasteiger partial charge on any atom is 0.121 e. The lowest BCUT2D eigenvalue weighted by molar-refractivity contribution is 0.0285. The van der Waals surface area contributed by atoms with Gasteiger partial charge in [0.1, 0.15) is 12.4 Å². The Balaban J connectivity index is 1.52. The summed E-state index contributed by atoms with van der Waals surface area (Å²) in [5.41, 5.74) is 2.55. The summed E-state index contributed by atoms with van der Waals surface area (Å²) in [6, 6.07) is 25.2. The van der Waals surface area contributed by atoms with E-state index in [9.17, 15) is 10.2 Å². The molecule has 0 bridgehead atoms. The van der Waals surface area contributed by atoms with E-state index < -0.39 is 11.7 Å². The lowest BCUT2D eigenvalue weighted by Crippen LogP contribution is -2.49. The molecule has 0 unspecified atom stereocenters. The summed E-state index contributed by atoms with van der Waals surface area (Å²) < 4.78 is 5.72. The molecule has 0 amide bonds. The average molecular weight is 506 g/mol. The fourth-order valence-corrected chi connectivity index (χ4v) is 4.73. The molecule has 188 valence electrons. The van der Waals surface area contributed by atoms with Crippen LogP contribution < -0.4 is 9.64 Å². The van der Waals surface area contributed by atoms with Crippen molar-refractivity contribution in [2.75, 3.05) is 37.7 Å². The second kappa shape index (κ2) is 11.3. The van der Waals surface area contributed by atoms with Gasteiger partial charge in [0.2, 0.25) is 0 Å². The number of piperazine rings is 1. The molecular weight excluding hydrogens is 474 g/mol. The first-order valence-electron chi connectivity index (χ1n) is 12.1. The molecule has 6 nitrogen and oxygen atoms in total. The molecule has 36 heavy (non-hydrogen) atoms. The van der Waals surface area contributed by atoms with E-state index in [0.717, 1.165) is 30.9 Å². The van der Waals surface area contributed by atoms with Crippen molar-refractivity contribution >= 4 is 17.3 Å². The van der Waals surface area contributed by atoms with Crippen LogP contribution in [0.25, 0.3) is 0 Å². The molecule has 1 heterocycles. The van der Waals surface area contributed by atoms with Gasteiger partial charge in [-0.2, -0.15) is 5.26 Å². The molecule has 0 aromatic heterocycles. The van der Waals surface area contributed by atoms with E-state index in [1.165, 1.54) is 5.56 Å². The van der Waals surface area contributed by atoms with Crippen LogP contribution in [-0.4, -0.2) is 53.5 Å². The first-order valence-corrected chi connectivity index (χ1v) is 12.5. The Morgan fingerprint density at radius 1 is 1.08 bits per heavy atom. The molecule has 1 saturated heterocycles. The first kappa shape index (κ1) is 26.0. The molecule has 7 heteroatoms. The Kier molecular flexibility index (Phi) is 8.17. The number of aliphatic hydroxyl groups excluding tert-OH is 1. The van der Waals surface area contributed by atoms with E-state index in [1.807, 2.05) is 42.5 Å². The van der Waals surface area contributed by atoms with E-state index in [1.54, 1.807) is 32.0 Å². The number of β-amino-alcohol motifs (C(OH)–C–C–N with tert-alkyl or cyclic N) is 1. The van der Waals surface area contributed by atoms with Crippen molar-refractivity contribution in [2.45, 2.75) is 31.6 Å². The van der Waals surface area contributed by atoms with Gasteiger partial charge in [-0.15, -0.1) is 0 Å². The van der Waals surface area contributed by atoms with Crippen LogP contribution in [0.5, 0.6) is 5.75 Å². The zero-order valence-corrected chi connectivity index (χ0v) is 21.4. The van der Waals surface area contributed by atoms with Gasteiger partial charge in [0.05, 0.1) is 40.1 Å². The summed E-state index contributed by atoms with van der Waals surface area (Å²) in [5, 5.41) is 30.4. The lowest BCUT2D eigenvalue weighted by Gasteiger charge is -2.44. The van der Waals surface area contributed by atoms with Gasteiger partial charge in [-0.3, -0.25) is 4.90 Å². The van der Waals surface area contributed by atoms with E-state index in [0.29, 0.717) is 22.9 Å². The third kappa shape index (κ3) is 6.57. The van der Waals surface area contributed by atoms with Crippen molar-refractivity contribution in [2.24, 2.45) is 0 Å². The molecule has 0 saturated carbocycles. The molecule has 0 aliphatic carbocycles. The predicted octanol–water partition coefficient (Wildman–Crippen LogP) is 4.96. The maximum atomic E-state index is 10.9. The normalized spacial score (nSPS) is 17.4. The van der Waals surface area contributed by atoms with Gasteiger partial charge in [0, 0.05) is 32.2 Å². The monoisotopic (exact) mass is 505 g/mol. The maximum absolute atomic E-state index is 10.9. The molecule has 1 aliphatic heterocycles. The van der Waals surface area contributed by atoms with Gasteiger partial charge in [-0.1, -0.05) is 54.1 Å². The standard InChI is InChI=1S/C29H32ClN3O3/c1-29(2,35)20-36-24-12-13-26(25(30)16-24)33-15-14-32(18-27(33)22-6-4-3-5-7-22)19-28(34)23-10-8-21(17-31)9-11-23/h3-13,16,27-28,34-35H,14-15,18-20H2,1-2H3/t27-,28+/m0/s1. The molecule has 2 atom stereocenters. The minimum Gasteiger partial charge on any atom is -0.491 e. The summed E-state index contributed by atoms with van der Waals surface area (Å²) >= 11 is 6.73. The summed E-state index contributed by atoms with van der Waals surface area (Å²) in [7, 11) is 0. The first-order chi connectivity index (χ1) is 17.2. The molecule has 1 aliphatic rings. The van der Waals surface area contributed by atoms with Crippen LogP contribution in [0.2, 0.25) is 5.02 Å². The van der Waals surface area contributed by atoms with E-state index in [4.69, 9.17) is 21.6 Å². The molecular formula is C29H32ClN3O3. The smallest absolute Gasteiger partial charge is 0.121 e. The van der Waals surface area contributed by atoms with Gasteiger partial charge in [0.15, 0.2) is 0 Å². The largest absolute Gasteiger partial charge is 0.491 e. The van der Waals surface area contributed by atoms with E-state index in [2.05, 4.69) is 28.0 Å². The molecule has 0 radical (unpaired) electrons. The molecule has 1 fully saturated rings. The third-order valence-electron chi connectivity index (χ3n) is 6.33. The van der Waals surface area contributed by atoms with Gasteiger partial charge in [-0.25, -0.2) is 0 Å². The quantitative estimate of drug-likeness (QED) is 0.450. The van der Waals surface area contributed by atoms with Gasteiger partial charge in [-0.05, 0) is 49.2 Å². The number of rotatable bonds is 8. The van der Waals surface area contributed by atoms with Crippen LogP contribution in [0.1, 0.15) is 42.7 Å². The number of benzene rings is 3. The molecule has 0 spiro atoms. The van der Waals surface area contributed by atoms with Gasteiger partial charge >= 0.3 is 0 Å². The Bertz CT molecular complexity index is 1190. The lowest BCUT2D eigenvalue weighted by atomic mass is 10.00. The van der Waals surface area contributed by atoms with Crippen LogP contribution >= 0.6 is 11.6 Å². The molecule has 2 N–H and O–H groups in total. The van der Waals surface area contributed by atoms with Gasteiger partial charge < -0.3 is 19.8 Å². The fraction of sp³-hybridized carbons (Fsp3) is 0.345. The Morgan fingerprint density at radius 2 is 1.81 bits per heavy atom. The number of anilines is 1. The number of hydrogen-bond acceptors (Lipinski definition) is 6. The Morgan fingerprint density at radius 3 is 2.44 bits per heavy atom. The summed E-state index contributed by atoms with van der Waals surface area (Å²) in [5.74, 6) is 0.617. The van der Waals surface area contributed by atoms with Crippen LogP contribution in [0.3, 0.4) is 0 Å². The number of ether oxygens (including phenoxy) is 1. The second-order valence-electron chi connectivity index (χ2n) is 9.84. The number of nitriles is 1. The number of hydrogen-bond donors (Lipinski definition) is 2. The van der Waals surface area contributed by atoms with E-state index in [-0.39, 0.29) is 12.6 Å². The molecule has 3 aromatic carbocycles. The van der Waals surface area contributed by atoms with Crippen molar-refractivity contribution in [3.8, 4) is 11.8 Å². The van der Waals surface area contributed by atoms with Crippen molar-refractivity contribution < 1.29 is 14.9 Å². The summed E-state index contributed by atoms with van der Waals surface area (Å²) in [6.07, 6.45) is -0.642. The van der Waals surface area contributed by atoms with Crippen LogP contribution in [-0.2, 0) is 0 Å². The average Bonchev–Trinajstić information content (AvgIpc) is 2.88. The number of aliphatic hydroxyl groups is 2.